The standard InChI is InChI=1S/C20H20N6/c1-25-9-11-26(12-10-25)19-17-4-2-3-16(18(17)23-20(22)24-19)15-7-5-14(13-21)6-8-15/h2-8H,9-12H2,1H3,(H2,22,23,24). The van der Waals surface area contributed by atoms with Gasteiger partial charge in [-0.25, -0.2) is 4.98 Å². The molecule has 2 heterocycles. The number of benzene rings is 2. The summed E-state index contributed by atoms with van der Waals surface area (Å²) in [5.74, 6) is 1.18. The lowest BCUT2D eigenvalue weighted by Gasteiger charge is -2.33. The number of nitriles is 1. The Labute approximate surface area is 152 Å². The summed E-state index contributed by atoms with van der Waals surface area (Å²) in [6, 6.07) is 15.8. The van der Waals surface area contributed by atoms with Gasteiger partial charge in [0.2, 0.25) is 5.95 Å². The van der Waals surface area contributed by atoms with Gasteiger partial charge in [-0.05, 0) is 30.8 Å². The molecule has 0 bridgehead atoms. The van der Waals surface area contributed by atoms with Gasteiger partial charge in [0, 0.05) is 37.1 Å². The van der Waals surface area contributed by atoms with Crippen molar-refractivity contribution in [3.8, 4) is 17.2 Å². The summed E-state index contributed by atoms with van der Waals surface area (Å²) < 4.78 is 0. The van der Waals surface area contributed by atoms with E-state index in [-0.39, 0.29) is 5.95 Å². The van der Waals surface area contributed by atoms with E-state index in [1.807, 2.05) is 36.4 Å². The maximum Gasteiger partial charge on any atom is 0.222 e. The Kier molecular flexibility index (Phi) is 4.15. The molecule has 0 aliphatic carbocycles. The SMILES string of the molecule is CN1CCN(c2nc(N)nc3c(-c4ccc(C#N)cc4)cccc23)CC1. The molecule has 1 saturated heterocycles. The fraction of sp³-hybridized carbons (Fsp3) is 0.250. The van der Waals surface area contributed by atoms with E-state index in [2.05, 4.69) is 39.0 Å². The number of para-hydroxylation sites is 1. The summed E-state index contributed by atoms with van der Waals surface area (Å²) in [6.45, 7) is 3.84. The number of hydrogen-bond donors (Lipinski definition) is 1. The molecular formula is C20H20N6. The van der Waals surface area contributed by atoms with Crippen LogP contribution in [0.4, 0.5) is 11.8 Å². The van der Waals surface area contributed by atoms with Crippen LogP contribution in [0, 0.1) is 11.3 Å². The molecule has 1 aliphatic heterocycles. The van der Waals surface area contributed by atoms with Crippen molar-refractivity contribution in [3.63, 3.8) is 0 Å². The van der Waals surface area contributed by atoms with Gasteiger partial charge in [0.15, 0.2) is 0 Å². The Hall–Kier alpha value is -3.17. The van der Waals surface area contributed by atoms with Gasteiger partial charge >= 0.3 is 0 Å². The number of nitrogens with two attached hydrogens (primary N) is 1. The van der Waals surface area contributed by atoms with Gasteiger partial charge < -0.3 is 15.5 Å². The van der Waals surface area contributed by atoms with Gasteiger partial charge in [-0.2, -0.15) is 10.2 Å². The average molecular weight is 344 g/mol. The minimum Gasteiger partial charge on any atom is -0.368 e. The summed E-state index contributed by atoms with van der Waals surface area (Å²) in [5.41, 5.74) is 9.54. The van der Waals surface area contributed by atoms with Crippen LogP contribution >= 0.6 is 0 Å². The first-order chi connectivity index (χ1) is 12.7. The van der Waals surface area contributed by atoms with Crippen molar-refractivity contribution < 1.29 is 0 Å². The molecule has 2 N–H and O–H groups in total. The van der Waals surface area contributed by atoms with Gasteiger partial charge in [0.25, 0.3) is 0 Å². The molecule has 0 spiro atoms. The number of nitrogen functional groups attached to an aromatic ring is 1. The van der Waals surface area contributed by atoms with E-state index in [9.17, 15) is 0 Å². The molecule has 3 aromatic rings. The van der Waals surface area contributed by atoms with Crippen molar-refractivity contribution in [2.24, 2.45) is 0 Å². The highest BCUT2D eigenvalue weighted by atomic mass is 15.3. The fourth-order valence-corrected chi connectivity index (χ4v) is 3.37. The minimum absolute atomic E-state index is 0.285. The van der Waals surface area contributed by atoms with Crippen molar-refractivity contribution >= 4 is 22.7 Å². The largest absolute Gasteiger partial charge is 0.368 e. The lowest BCUT2D eigenvalue weighted by Crippen LogP contribution is -2.45. The second-order valence-corrected chi connectivity index (χ2v) is 6.59. The molecule has 1 fully saturated rings. The van der Waals surface area contributed by atoms with E-state index in [0.29, 0.717) is 5.56 Å². The zero-order valence-corrected chi connectivity index (χ0v) is 14.7. The molecule has 0 saturated carbocycles. The molecule has 1 aliphatic rings. The third-order valence-electron chi connectivity index (χ3n) is 4.85. The highest BCUT2D eigenvalue weighted by Gasteiger charge is 2.20. The monoisotopic (exact) mass is 344 g/mol. The molecule has 0 amide bonds. The van der Waals surface area contributed by atoms with E-state index < -0.39 is 0 Å². The van der Waals surface area contributed by atoms with Crippen LogP contribution in [0.25, 0.3) is 22.0 Å². The van der Waals surface area contributed by atoms with E-state index in [4.69, 9.17) is 11.0 Å². The maximum atomic E-state index is 9.01. The smallest absolute Gasteiger partial charge is 0.222 e. The predicted octanol–water partition coefficient (Wildman–Crippen LogP) is 2.50. The van der Waals surface area contributed by atoms with Crippen molar-refractivity contribution in [1.82, 2.24) is 14.9 Å². The Morgan fingerprint density at radius 3 is 2.42 bits per heavy atom. The van der Waals surface area contributed by atoms with Gasteiger partial charge in [-0.3, -0.25) is 0 Å². The zero-order chi connectivity index (χ0) is 18.1. The van der Waals surface area contributed by atoms with Crippen molar-refractivity contribution in [1.29, 1.82) is 5.26 Å². The number of fused-ring (bicyclic) bond motifs is 1. The summed E-state index contributed by atoms with van der Waals surface area (Å²) in [5, 5.41) is 10.0. The predicted molar refractivity (Wildman–Crippen MR) is 104 cm³/mol. The Balaban J connectivity index is 1.84. The van der Waals surface area contributed by atoms with Crippen LogP contribution in [0.1, 0.15) is 5.56 Å². The fourth-order valence-electron chi connectivity index (χ4n) is 3.37. The molecule has 6 nitrogen and oxygen atoms in total. The van der Waals surface area contributed by atoms with Gasteiger partial charge in [0.05, 0.1) is 17.1 Å². The molecule has 130 valence electrons. The molecule has 0 radical (unpaired) electrons. The number of hydrogen-bond acceptors (Lipinski definition) is 6. The molecule has 0 atom stereocenters. The van der Waals surface area contributed by atoms with Crippen LogP contribution in [0.5, 0.6) is 0 Å². The Bertz CT molecular complexity index is 982. The number of aromatic nitrogens is 2. The molecule has 2 aromatic carbocycles. The normalized spacial score (nSPS) is 15.2. The number of likely N-dealkylation sites (N-methyl/N-ethyl adjacent to an activating group) is 1. The summed E-state index contributed by atoms with van der Waals surface area (Å²) in [7, 11) is 2.13. The third-order valence-corrected chi connectivity index (χ3v) is 4.85. The summed E-state index contributed by atoms with van der Waals surface area (Å²) >= 11 is 0. The highest BCUT2D eigenvalue weighted by Crippen LogP contribution is 2.33. The molecule has 6 heteroatoms. The molecule has 4 rings (SSSR count). The summed E-state index contributed by atoms with van der Waals surface area (Å²) in [4.78, 5) is 13.7. The van der Waals surface area contributed by atoms with Crippen LogP contribution in [-0.2, 0) is 0 Å². The van der Waals surface area contributed by atoms with Crippen LogP contribution in [0.3, 0.4) is 0 Å². The van der Waals surface area contributed by atoms with Gasteiger partial charge in [0.1, 0.15) is 5.82 Å². The maximum absolute atomic E-state index is 9.01. The van der Waals surface area contributed by atoms with Crippen molar-refractivity contribution in [2.45, 2.75) is 0 Å². The second-order valence-electron chi connectivity index (χ2n) is 6.59. The number of rotatable bonds is 2. The van der Waals surface area contributed by atoms with E-state index in [1.165, 1.54) is 0 Å². The van der Waals surface area contributed by atoms with Gasteiger partial charge in [-0.1, -0.05) is 24.3 Å². The number of piperazine rings is 1. The minimum atomic E-state index is 0.285. The third kappa shape index (κ3) is 2.93. The number of anilines is 2. The Morgan fingerprint density at radius 1 is 1.00 bits per heavy atom. The molecule has 0 unspecified atom stereocenters. The van der Waals surface area contributed by atoms with Crippen LogP contribution < -0.4 is 10.6 Å². The summed E-state index contributed by atoms with van der Waals surface area (Å²) in [6.07, 6.45) is 0. The van der Waals surface area contributed by atoms with E-state index in [1.54, 1.807) is 0 Å². The van der Waals surface area contributed by atoms with Gasteiger partial charge in [-0.15, -0.1) is 0 Å². The second kappa shape index (κ2) is 6.62. The lowest BCUT2D eigenvalue weighted by molar-refractivity contribution is 0.312. The molecule has 1 aromatic heterocycles. The quantitative estimate of drug-likeness (QED) is 0.769. The van der Waals surface area contributed by atoms with E-state index in [0.717, 1.165) is 54.0 Å². The average Bonchev–Trinajstić information content (AvgIpc) is 2.68. The molecule has 26 heavy (non-hydrogen) atoms. The highest BCUT2D eigenvalue weighted by molar-refractivity contribution is 6.00. The first-order valence-electron chi connectivity index (χ1n) is 8.66. The first kappa shape index (κ1) is 16.3. The first-order valence-corrected chi connectivity index (χ1v) is 8.66. The van der Waals surface area contributed by atoms with Crippen LogP contribution in [-0.4, -0.2) is 48.1 Å². The van der Waals surface area contributed by atoms with E-state index >= 15 is 0 Å². The lowest BCUT2D eigenvalue weighted by atomic mass is 10.0. The van der Waals surface area contributed by atoms with Crippen LogP contribution in [0.2, 0.25) is 0 Å². The topological polar surface area (TPSA) is 82.1 Å². The Morgan fingerprint density at radius 2 is 1.73 bits per heavy atom. The van der Waals surface area contributed by atoms with Crippen molar-refractivity contribution in [3.05, 3.63) is 48.0 Å². The molecular weight excluding hydrogens is 324 g/mol. The van der Waals surface area contributed by atoms with Crippen molar-refractivity contribution in [2.75, 3.05) is 43.9 Å². The zero-order valence-electron chi connectivity index (χ0n) is 14.7. The number of nitrogens with zero attached hydrogens (tertiary/aromatic N) is 5. The van der Waals surface area contributed by atoms with Crippen LogP contribution in [0.15, 0.2) is 42.5 Å².